The lowest BCUT2D eigenvalue weighted by molar-refractivity contribution is 0.237. The third kappa shape index (κ3) is 5.40. The van der Waals surface area contributed by atoms with Crippen molar-refractivity contribution in [3.8, 4) is 0 Å². The summed E-state index contributed by atoms with van der Waals surface area (Å²) < 4.78 is 3.93. The summed E-state index contributed by atoms with van der Waals surface area (Å²) in [5, 5.41) is 4.99. The number of anilines is 1. The fraction of sp³-hybridized carbons (Fsp3) is 0.833. The van der Waals surface area contributed by atoms with Gasteiger partial charge in [-0.15, -0.1) is 5.10 Å². The minimum Gasteiger partial charge on any atom is -0.313 e. The Hall–Kier alpha value is -0.760. The Morgan fingerprint density at radius 1 is 1.11 bits per heavy atom. The van der Waals surface area contributed by atoms with Crippen molar-refractivity contribution in [1.29, 1.82) is 0 Å². The number of nitrogens with zero attached hydrogens (tertiary/aromatic N) is 4. The molecule has 0 saturated carbocycles. The number of aromatic nitrogens is 2. The lowest BCUT2D eigenvalue weighted by atomic mass is 10.3. The average Bonchev–Trinajstić information content (AvgIpc) is 2.89. The van der Waals surface area contributed by atoms with Crippen LogP contribution in [0.5, 0.6) is 0 Å². The molecule has 0 aromatic carbocycles. The zero-order valence-electron chi connectivity index (χ0n) is 12.2. The van der Waals surface area contributed by atoms with Crippen LogP contribution in [0.2, 0.25) is 0 Å². The summed E-state index contributed by atoms with van der Waals surface area (Å²) in [5.41, 5.74) is 3.60. The molecule has 0 saturated heterocycles. The summed E-state index contributed by atoms with van der Waals surface area (Å²) in [6.07, 6.45) is 1.18. The van der Waals surface area contributed by atoms with Gasteiger partial charge < -0.3 is 10.3 Å². The SMILES string of the molecule is CCN(CC)CCCN(CC)Cc1nnsc1NN. The van der Waals surface area contributed by atoms with Gasteiger partial charge in [0.15, 0.2) is 0 Å². The molecule has 0 unspecified atom stereocenters. The fourth-order valence-corrected chi connectivity index (χ4v) is 2.52. The maximum Gasteiger partial charge on any atom is 0.148 e. The van der Waals surface area contributed by atoms with E-state index in [0.29, 0.717) is 0 Å². The number of nitrogens with two attached hydrogens (primary N) is 1. The number of rotatable bonds is 10. The molecule has 0 spiro atoms. The number of nitrogen functional groups attached to an aromatic ring is 1. The highest BCUT2D eigenvalue weighted by molar-refractivity contribution is 7.10. The van der Waals surface area contributed by atoms with Gasteiger partial charge in [-0.1, -0.05) is 25.3 Å². The molecule has 6 nitrogen and oxygen atoms in total. The van der Waals surface area contributed by atoms with Crippen LogP contribution < -0.4 is 11.3 Å². The molecule has 0 aliphatic rings. The Labute approximate surface area is 120 Å². The largest absolute Gasteiger partial charge is 0.313 e. The van der Waals surface area contributed by atoms with Gasteiger partial charge in [-0.25, -0.2) is 5.84 Å². The Morgan fingerprint density at radius 2 is 1.74 bits per heavy atom. The van der Waals surface area contributed by atoms with Gasteiger partial charge in [0.25, 0.3) is 0 Å². The zero-order valence-corrected chi connectivity index (χ0v) is 13.0. The molecule has 0 fully saturated rings. The summed E-state index contributed by atoms with van der Waals surface area (Å²) in [4.78, 5) is 4.83. The van der Waals surface area contributed by atoms with Gasteiger partial charge in [-0.05, 0) is 39.1 Å². The number of hydrazine groups is 1. The zero-order chi connectivity index (χ0) is 14.1. The molecular formula is C12H26N6S. The molecule has 0 bridgehead atoms. The van der Waals surface area contributed by atoms with E-state index >= 15 is 0 Å². The summed E-state index contributed by atoms with van der Waals surface area (Å²) in [6, 6.07) is 0. The fourth-order valence-electron chi connectivity index (χ4n) is 2.04. The van der Waals surface area contributed by atoms with Crippen LogP contribution in [-0.4, -0.2) is 52.1 Å². The molecule has 1 aromatic heterocycles. The van der Waals surface area contributed by atoms with Crippen LogP contribution in [0.1, 0.15) is 32.9 Å². The number of hydrogen-bond acceptors (Lipinski definition) is 7. The highest BCUT2D eigenvalue weighted by Gasteiger charge is 2.11. The van der Waals surface area contributed by atoms with Crippen molar-refractivity contribution >= 4 is 16.5 Å². The van der Waals surface area contributed by atoms with Crippen LogP contribution in [0, 0.1) is 0 Å². The Morgan fingerprint density at radius 3 is 2.32 bits per heavy atom. The van der Waals surface area contributed by atoms with Crippen molar-refractivity contribution in [1.82, 2.24) is 19.4 Å². The number of hydrogen-bond donors (Lipinski definition) is 2. The predicted molar refractivity (Wildman–Crippen MR) is 81.1 cm³/mol. The minimum absolute atomic E-state index is 0.810. The van der Waals surface area contributed by atoms with Crippen LogP contribution in [-0.2, 0) is 6.54 Å². The Balaban J connectivity index is 2.37. The van der Waals surface area contributed by atoms with Crippen molar-refractivity contribution in [2.45, 2.75) is 33.7 Å². The molecule has 0 radical (unpaired) electrons. The quantitative estimate of drug-likeness (QED) is 0.500. The van der Waals surface area contributed by atoms with E-state index in [4.69, 9.17) is 5.84 Å². The molecule has 1 heterocycles. The average molecular weight is 286 g/mol. The third-order valence-electron chi connectivity index (χ3n) is 3.35. The molecule has 0 aliphatic carbocycles. The molecule has 110 valence electrons. The normalized spacial score (nSPS) is 11.5. The number of nitrogens with one attached hydrogen (secondary N) is 1. The highest BCUT2D eigenvalue weighted by atomic mass is 32.1. The first-order chi connectivity index (χ1) is 9.24. The lowest BCUT2D eigenvalue weighted by Crippen LogP contribution is -2.30. The second kappa shape index (κ2) is 9.19. The second-order valence-corrected chi connectivity index (χ2v) is 5.20. The Bertz CT molecular complexity index is 339. The van der Waals surface area contributed by atoms with Crippen LogP contribution in [0.3, 0.4) is 0 Å². The summed E-state index contributed by atoms with van der Waals surface area (Å²) in [5.74, 6) is 5.44. The predicted octanol–water partition coefficient (Wildman–Crippen LogP) is 1.38. The van der Waals surface area contributed by atoms with Crippen molar-refractivity contribution in [3.05, 3.63) is 5.69 Å². The summed E-state index contributed by atoms with van der Waals surface area (Å²) >= 11 is 1.31. The van der Waals surface area contributed by atoms with Gasteiger partial charge in [0.2, 0.25) is 0 Å². The van der Waals surface area contributed by atoms with Gasteiger partial charge in [-0.2, -0.15) is 0 Å². The van der Waals surface area contributed by atoms with Crippen molar-refractivity contribution in [3.63, 3.8) is 0 Å². The third-order valence-corrected chi connectivity index (χ3v) is 4.05. The van der Waals surface area contributed by atoms with Gasteiger partial charge in [0, 0.05) is 18.1 Å². The molecule has 1 aromatic rings. The first-order valence-electron chi connectivity index (χ1n) is 6.97. The summed E-state index contributed by atoms with van der Waals surface area (Å²) in [7, 11) is 0. The first kappa shape index (κ1) is 16.3. The van der Waals surface area contributed by atoms with Gasteiger partial charge in [-0.3, -0.25) is 4.90 Å². The van der Waals surface area contributed by atoms with E-state index in [1.54, 1.807) is 0 Å². The van der Waals surface area contributed by atoms with Crippen LogP contribution in [0.15, 0.2) is 0 Å². The van der Waals surface area contributed by atoms with E-state index in [9.17, 15) is 0 Å². The van der Waals surface area contributed by atoms with E-state index in [-0.39, 0.29) is 0 Å². The lowest BCUT2D eigenvalue weighted by Gasteiger charge is -2.22. The monoisotopic (exact) mass is 286 g/mol. The van der Waals surface area contributed by atoms with Crippen LogP contribution >= 0.6 is 11.5 Å². The van der Waals surface area contributed by atoms with E-state index in [2.05, 4.69) is 45.6 Å². The van der Waals surface area contributed by atoms with Gasteiger partial charge >= 0.3 is 0 Å². The molecule has 3 N–H and O–H groups in total. The molecule has 1 rings (SSSR count). The van der Waals surface area contributed by atoms with E-state index in [1.165, 1.54) is 18.0 Å². The van der Waals surface area contributed by atoms with Gasteiger partial charge in [0.05, 0.1) is 0 Å². The van der Waals surface area contributed by atoms with Crippen molar-refractivity contribution in [2.24, 2.45) is 5.84 Å². The molecule has 0 amide bonds. The van der Waals surface area contributed by atoms with E-state index < -0.39 is 0 Å². The van der Waals surface area contributed by atoms with Crippen molar-refractivity contribution in [2.75, 3.05) is 38.1 Å². The highest BCUT2D eigenvalue weighted by Crippen LogP contribution is 2.17. The maximum absolute atomic E-state index is 5.44. The smallest absolute Gasteiger partial charge is 0.148 e. The van der Waals surface area contributed by atoms with Crippen LogP contribution in [0.25, 0.3) is 0 Å². The van der Waals surface area contributed by atoms with Gasteiger partial charge in [0.1, 0.15) is 10.7 Å². The Kier molecular flexibility index (Phi) is 7.88. The summed E-state index contributed by atoms with van der Waals surface area (Å²) in [6.45, 7) is 12.9. The molecule has 0 atom stereocenters. The topological polar surface area (TPSA) is 70.3 Å². The molecule has 0 aliphatic heterocycles. The van der Waals surface area contributed by atoms with Crippen LogP contribution in [0.4, 0.5) is 5.00 Å². The standard InChI is InChI=1S/C12H26N6S/c1-4-17(5-2)8-7-9-18(6-3)10-11-12(14-13)19-16-15-11/h14H,4-10,13H2,1-3H3. The molecule has 19 heavy (non-hydrogen) atoms. The second-order valence-electron chi connectivity index (χ2n) is 4.44. The van der Waals surface area contributed by atoms with E-state index in [0.717, 1.165) is 50.0 Å². The van der Waals surface area contributed by atoms with E-state index in [1.807, 2.05) is 0 Å². The maximum atomic E-state index is 5.44. The minimum atomic E-state index is 0.810. The van der Waals surface area contributed by atoms with Crippen molar-refractivity contribution < 1.29 is 0 Å². The first-order valence-corrected chi connectivity index (χ1v) is 7.74. The molecular weight excluding hydrogens is 260 g/mol. The molecule has 7 heteroatoms.